The minimum absolute atomic E-state index is 0.0448. The summed E-state index contributed by atoms with van der Waals surface area (Å²) in [4.78, 5) is 17.2. The number of rotatable bonds is 5. The first-order valence-electron chi connectivity index (χ1n) is 12.5. The Morgan fingerprint density at radius 3 is 2.03 bits per heavy atom. The van der Waals surface area contributed by atoms with Gasteiger partial charge in [0.05, 0.1) is 0 Å². The van der Waals surface area contributed by atoms with Crippen molar-refractivity contribution in [1.82, 2.24) is 9.80 Å². The fourth-order valence-corrected chi connectivity index (χ4v) is 4.40. The molecule has 0 radical (unpaired) electrons. The second-order valence-electron chi connectivity index (χ2n) is 10.5. The van der Waals surface area contributed by atoms with Crippen molar-refractivity contribution in [2.24, 2.45) is 5.92 Å². The van der Waals surface area contributed by atoms with E-state index in [2.05, 4.69) is 58.0 Å². The topological polar surface area (TPSA) is 23.6 Å². The Kier molecular flexibility index (Phi) is 9.22. The standard InChI is InChI=1S/C27H29FN2O.C4H10/c1-29(2)18-19-4-5-24-17-26(15-12-23(24)16-19)30(3)27(31)22-8-6-20(7-9-22)21-10-13-25(28)14-11-21;1-4(2)3/h4-11,13-14,16,26H,12,15,17-18H2,1-3H3;4H,1-3H3. The van der Waals surface area contributed by atoms with E-state index in [0.717, 1.165) is 42.9 Å². The van der Waals surface area contributed by atoms with Crippen LogP contribution in [0.3, 0.4) is 0 Å². The van der Waals surface area contributed by atoms with Crippen LogP contribution in [0.5, 0.6) is 0 Å². The number of likely N-dealkylation sites (N-methyl/N-ethyl adjacent to an activating group) is 1. The van der Waals surface area contributed by atoms with Crippen molar-refractivity contribution < 1.29 is 9.18 Å². The van der Waals surface area contributed by atoms with Crippen molar-refractivity contribution in [2.75, 3.05) is 21.1 Å². The quantitative estimate of drug-likeness (QED) is 0.404. The Hall–Kier alpha value is -2.98. The van der Waals surface area contributed by atoms with Crippen molar-refractivity contribution in [3.63, 3.8) is 0 Å². The SMILES string of the molecule is CC(C)C.CN(C)Cc1ccc2c(c1)CCC(N(C)C(=O)c1ccc(-c3ccc(F)cc3)cc1)C2. The molecule has 0 bridgehead atoms. The van der Waals surface area contributed by atoms with Crippen LogP contribution in [0.1, 0.15) is 54.2 Å². The van der Waals surface area contributed by atoms with Crippen molar-refractivity contribution in [3.05, 3.63) is 94.8 Å². The number of aryl methyl sites for hydroxylation is 1. The molecule has 3 aromatic carbocycles. The summed E-state index contributed by atoms with van der Waals surface area (Å²) in [5, 5.41) is 0. The van der Waals surface area contributed by atoms with Gasteiger partial charge in [0.2, 0.25) is 0 Å². The van der Waals surface area contributed by atoms with E-state index in [4.69, 9.17) is 0 Å². The first kappa shape index (κ1) is 26.6. The summed E-state index contributed by atoms with van der Waals surface area (Å²) in [6.07, 6.45) is 2.88. The summed E-state index contributed by atoms with van der Waals surface area (Å²) in [6.45, 7) is 7.45. The van der Waals surface area contributed by atoms with Gasteiger partial charge in [-0.05, 0) is 91.4 Å². The average molecular weight is 475 g/mol. The van der Waals surface area contributed by atoms with Gasteiger partial charge in [-0.1, -0.05) is 63.2 Å². The van der Waals surface area contributed by atoms with Crippen LogP contribution in [0.2, 0.25) is 0 Å². The fraction of sp³-hybridized carbons (Fsp3) is 0.387. The van der Waals surface area contributed by atoms with Crippen LogP contribution < -0.4 is 0 Å². The first-order valence-corrected chi connectivity index (χ1v) is 12.5. The van der Waals surface area contributed by atoms with E-state index in [1.54, 1.807) is 12.1 Å². The molecule has 0 heterocycles. The Morgan fingerprint density at radius 2 is 1.46 bits per heavy atom. The number of carbonyl (C=O) groups is 1. The van der Waals surface area contributed by atoms with E-state index in [1.807, 2.05) is 36.2 Å². The number of amides is 1. The summed E-state index contributed by atoms with van der Waals surface area (Å²) < 4.78 is 13.1. The van der Waals surface area contributed by atoms with E-state index < -0.39 is 0 Å². The van der Waals surface area contributed by atoms with E-state index in [0.29, 0.717) is 5.56 Å². The molecular formula is C31H39FN2O. The lowest BCUT2D eigenvalue weighted by Gasteiger charge is -2.33. The highest BCUT2D eigenvalue weighted by Gasteiger charge is 2.26. The number of hydrogen-bond donors (Lipinski definition) is 0. The maximum absolute atomic E-state index is 13.1. The van der Waals surface area contributed by atoms with Gasteiger partial charge in [-0.3, -0.25) is 4.79 Å². The molecular weight excluding hydrogens is 435 g/mol. The lowest BCUT2D eigenvalue weighted by Crippen LogP contribution is -2.40. The molecule has 0 aromatic heterocycles. The Bertz CT molecular complexity index is 1100. The highest BCUT2D eigenvalue weighted by Crippen LogP contribution is 2.27. The van der Waals surface area contributed by atoms with Gasteiger partial charge in [-0.25, -0.2) is 4.39 Å². The predicted octanol–water partition coefficient (Wildman–Crippen LogP) is 6.85. The number of carbonyl (C=O) groups excluding carboxylic acids is 1. The van der Waals surface area contributed by atoms with Gasteiger partial charge in [-0.2, -0.15) is 0 Å². The summed E-state index contributed by atoms with van der Waals surface area (Å²) >= 11 is 0. The summed E-state index contributed by atoms with van der Waals surface area (Å²) in [5.74, 6) is 0.628. The fourth-order valence-electron chi connectivity index (χ4n) is 4.40. The van der Waals surface area contributed by atoms with Crippen LogP contribution in [-0.4, -0.2) is 42.9 Å². The van der Waals surface area contributed by atoms with Gasteiger partial charge in [0, 0.05) is 25.2 Å². The molecule has 35 heavy (non-hydrogen) atoms. The highest BCUT2D eigenvalue weighted by molar-refractivity contribution is 5.94. The Morgan fingerprint density at radius 1 is 0.886 bits per heavy atom. The zero-order valence-corrected chi connectivity index (χ0v) is 22.0. The molecule has 0 saturated heterocycles. The molecule has 3 aromatic rings. The van der Waals surface area contributed by atoms with Crippen molar-refractivity contribution in [2.45, 2.75) is 52.6 Å². The third-order valence-corrected chi connectivity index (χ3v) is 6.15. The van der Waals surface area contributed by atoms with Crippen LogP contribution in [0.4, 0.5) is 4.39 Å². The molecule has 1 amide bonds. The molecule has 1 unspecified atom stereocenters. The van der Waals surface area contributed by atoms with Crippen LogP contribution in [0, 0.1) is 11.7 Å². The number of nitrogens with zero attached hydrogens (tertiary/aromatic N) is 2. The van der Waals surface area contributed by atoms with Crippen LogP contribution in [0.15, 0.2) is 66.7 Å². The summed E-state index contributed by atoms with van der Waals surface area (Å²) in [6, 6.07) is 20.9. The second-order valence-corrected chi connectivity index (χ2v) is 10.5. The van der Waals surface area contributed by atoms with E-state index >= 15 is 0 Å². The number of benzene rings is 3. The maximum atomic E-state index is 13.1. The monoisotopic (exact) mass is 474 g/mol. The normalized spacial score (nSPS) is 14.8. The maximum Gasteiger partial charge on any atom is 0.253 e. The average Bonchev–Trinajstić information content (AvgIpc) is 2.83. The molecule has 1 aliphatic rings. The van der Waals surface area contributed by atoms with Crippen molar-refractivity contribution in [3.8, 4) is 11.1 Å². The van der Waals surface area contributed by atoms with Crippen LogP contribution in [0.25, 0.3) is 11.1 Å². The van der Waals surface area contributed by atoms with Gasteiger partial charge in [0.25, 0.3) is 5.91 Å². The van der Waals surface area contributed by atoms with E-state index in [9.17, 15) is 9.18 Å². The third-order valence-electron chi connectivity index (χ3n) is 6.15. The number of halogens is 1. The molecule has 1 aliphatic carbocycles. The molecule has 0 fully saturated rings. The molecule has 0 aliphatic heterocycles. The zero-order chi connectivity index (χ0) is 25.5. The van der Waals surface area contributed by atoms with Gasteiger partial charge >= 0.3 is 0 Å². The van der Waals surface area contributed by atoms with Gasteiger partial charge < -0.3 is 9.80 Å². The minimum atomic E-state index is -0.250. The van der Waals surface area contributed by atoms with Gasteiger partial charge in [0.1, 0.15) is 5.82 Å². The summed E-state index contributed by atoms with van der Waals surface area (Å²) in [7, 11) is 6.08. The van der Waals surface area contributed by atoms with Gasteiger partial charge in [-0.15, -0.1) is 0 Å². The lowest BCUT2D eigenvalue weighted by atomic mass is 9.86. The molecule has 4 rings (SSSR count). The highest BCUT2D eigenvalue weighted by atomic mass is 19.1. The zero-order valence-electron chi connectivity index (χ0n) is 22.0. The molecule has 3 nitrogen and oxygen atoms in total. The molecule has 0 saturated carbocycles. The first-order chi connectivity index (χ1) is 16.6. The molecule has 4 heteroatoms. The molecule has 0 spiro atoms. The lowest BCUT2D eigenvalue weighted by molar-refractivity contribution is 0.0719. The van der Waals surface area contributed by atoms with E-state index in [-0.39, 0.29) is 17.8 Å². The number of fused-ring (bicyclic) bond motifs is 1. The van der Waals surface area contributed by atoms with E-state index in [1.165, 1.54) is 28.8 Å². The largest absolute Gasteiger partial charge is 0.338 e. The van der Waals surface area contributed by atoms with Crippen LogP contribution >= 0.6 is 0 Å². The smallest absolute Gasteiger partial charge is 0.253 e. The Balaban J connectivity index is 0.000000795. The second kappa shape index (κ2) is 12.1. The molecule has 186 valence electrons. The minimum Gasteiger partial charge on any atom is -0.338 e. The van der Waals surface area contributed by atoms with Crippen LogP contribution in [-0.2, 0) is 19.4 Å². The Labute approximate surface area is 210 Å². The molecule has 0 N–H and O–H groups in total. The molecule has 1 atom stereocenters. The van der Waals surface area contributed by atoms with Crippen molar-refractivity contribution >= 4 is 5.91 Å². The summed E-state index contributed by atoms with van der Waals surface area (Å²) in [5.41, 5.74) is 6.70. The third kappa shape index (κ3) is 7.50. The van der Waals surface area contributed by atoms with Gasteiger partial charge in [0.15, 0.2) is 0 Å². The predicted molar refractivity (Wildman–Crippen MR) is 144 cm³/mol. The number of hydrogen-bond acceptors (Lipinski definition) is 2. The van der Waals surface area contributed by atoms with Crippen molar-refractivity contribution in [1.29, 1.82) is 0 Å².